The predicted octanol–water partition coefficient (Wildman–Crippen LogP) is 1.77. The minimum atomic E-state index is -0.280. The zero-order valence-electron chi connectivity index (χ0n) is 9.32. The highest BCUT2D eigenvalue weighted by Crippen LogP contribution is 2.10. The molecule has 0 aromatic carbocycles. The smallest absolute Gasteiger partial charge is 0.311 e. The van der Waals surface area contributed by atoms with Crippen LogP contribution in [0.15, 0.2) is 5.38 Å². The third-order valence-corrected chi connectivity index (χ3v) is 2.25. The van der Waals surface area contributed by atoms with E-state index in [1.54, 1.807) is 12.3 Å². The van der Waals surface area contributed by atoms with E-state index in [0.29, 0.717) is 17.3 Å². The lowest BCUT2D eigenvalue weighted by atomic mass is 10.3. The van der Waals surface area contributed by atoms with Gasteiger partial charge in [0.15, 0.2) is 0 Å². The lowest BCUT2D eigenvalue weighted by Crippen LogP contribution is -2.07. The van der Waals surface area contributed by atoms with E-state index in [0.717, 1.165) is 0 Å². The normalized spacial score (nSPS) is 9.07. The predicted molar refractivity (Wildman–Crippen MR) is 59.7 cm³/mol. The van der Waals surface area contributed by atoms with Crippen LogP contribution in [-0.2, 0) is 22.6 Å². The average molecular weight is 231 g/mol. The lowest BCUT2D eigenvalue weighted by molar-refractivity contribution is -0.142. The number of ether oxygens (including phenoxy) is 1. The fourth-order valence-corrected chi connectivity index (χ4v) is 1.52. The summed E-state index contributed by atoms with van der Waals surface area (Å²) in [6.07, 6.45) is 0.185. The van der Waals surface area contributed by atoms with E-state index in [-0.39, 0.29) is 19.0 Å². The van der Waals surface area contributed by atoms with Crippen molar-refractivity contribution in [1.29, 1.82) is 0 Å². The van der Waals surface area contributed by atoms with Crippen molar-refractivity contribution in [2.75, 3.05) is 6.61 Å². The molecule has 0 bridgehead atoms. The highest BCUT2D eigenvalue weighted by Gasteiger charge is 2.07. The summed E-state index contributed by atoms with van der Waals surface area (Å²) < 4.78 is 4.75. The molecular weight excluding hydrogens is 214 g/mol. The van der Waals surface area contributed by atoms with Crippen LogP contribution in [0.3, 0.4) is 0 Å². The molecule has 15 heavy (non-hydrogen) atoms. The summed E-state index contributed by atoms with van der Waals surface area (Å²) in [6, 6.07) is 0. The SMILES string of the molecule is CC.CCOC(=O)Cc1csc(CO)n1. The maximum absolute atomic E-state index is 11.0. The summed E-state index contributed by atoms with van der Waals surface area (Å²) in [7, 11) is 0. The summed E-state index contributed by atoms with van der Waals surface area (Å²) >= 11 is 1.34. The second-order valence-electron chi connectivity index (χ2n) is 2.37. The van der Waals surface area contributed by atoms with Crippen molar-refractivity contribution in [3.8, 4) is 0 Å². The number of aliphatic hydroxyl groups excluding tert-OH is 1. The number of nitrogens with zero attached hydrogens (tertiary/aromatic N) is 1. The van der Waals surface area contributed by atoms with Gasteiger partial charge in [-0.3, -0.25) is 4.79 Å². The summed E-state index contributed by atoms with van der Waals surface area (Å²) in [5.41, 5.74) is 0.660. The van der Waals surface area contributed by atoms with E-state index in [9.17, 15) is 4.79 Å². The molecule has 0 aliphatic carbocycles. The van der Waals surface area contributed by atoms with Gasteiger partial charge in [-0.2, -0.15) is 0 Å². The second-order valence-corrected chi connectivity index (χ2v) is 3.32. The Kier molecular flexibility index (Phi) is 7.85. The van der Waals surface area contributed by atoms with Gasteiger partial charge in [-0.05, 0) is 6.92 Å². The maximum atomic E-state index is 11.0. The number of carbonyl (C=O) groups excluding carboxylic acids is 1. The van der Waals surface area contributed by atoms with E-state index >= 15 is 0 Å². The Hall–Kier alpha value is -0.940. The lowest BCUT2D eigenvalue weighted by Gasteiger charge is -1.97. The molecular formula is C10H17NO3S. The number of aliphatic hydroxyl groups is 1. The zero-order chi connectivity index (χ0) is 11.7. The topological polar surface area (TPSA) is 59.4 Å². The summed E-state index contributed by atoms with van der Waals surface area (Å²) in [4.78, 5) is 15.0. The molecule has 0 saturated carbocycles. The molecule has 1 aromatic rings. The highest BCUT2D eigenvalue weighted by atomic mass is 32.1. The number of carbonyl (C=O) groups is 1. The molecule has 0 radical (unpaired) electrons. The Morgan fingerprint density at radius 1 is 1.60 bits per heavy atom. The number of aromatic nitrogens is 1. The Bertz CT molecular complexity index is 286. The third kappa shape index (κ3) is 5.49. The molecule has 4 nitrogen and oxygen atoms in total. The van der Waals surface area contributed by atoms with Crippen LogP contribution >= 0.6 is 11.3 Å². The molecule has 1 N–H and O–H groups in total. The van der Waals surface area contributed by atoms with Crippen molar-refractivity contribution in [1.82, 2.24) is 4.98 Å². The summed E-state index contributed by atoms with van der Waals surface area (Å²) in [5, 5.41) is 11.1. The summed E-state index contributed by atoms with van der Waals surface area (Å²) in [6.45, 7) is 6.07. The molecule has 0 aliphatic heterocycles. The van der Waals surface area contributed by atoms with Crippen molar-refractivity contribution in [2.24, 2.45) is 0 Å². The summed E-state index contributed by atoms with van der Waals surface area (Å²) in [5.74, 6) is -0.280. The molecule has 86 valence electrons. The molecule has 1 heterocycles. The quantitative estimate of drug-likeness (QED) is 0.802. The molecule has 0 aliphatic rings. The van der Waals surface area contributed by atoms with Crippen molar-refractivity contribution in [3.63, 3.8) is 0 Å². The number of hydrogen-bond acceptors (Lipinski definition) is 5. The first kappa shape index (κ1) is 14.1. The zero-order valence-corrected chi connectivity index (χ0v) is 10.1. The monoisotopic (exact) mass is 231 g/mol. The molecule has 1 rings (SSSR count). The largest absolute Gasteiger partial charge is 0.466 e. The first-order valence-corrected chi connectivity index (χ1v) is 5.84. The van der Waals surface area contributed by atoms with Gasteiger partial charge in [-0.25, -0.2) is 4.98 Å². The standard InChI is InChI=1S/C8H11NO3S.C2H6/c1-2-12-8(11)3-6-5-13-7(4-10)9-6;1-2/h5,10H,2-4H2,1H3;1-2H3. The Labute approximate surface area is 93.9 Å². The van der Waals surface area contributed by atoms with Crippen LogP contribution in [0, 0.1) is 0 Å². The van der Waals surface area contributed by atoms with Gasteiger partial charge in [0.1, 0.15) is 5.01 Å². The Balaban J connectivity index is 0.000000921. The van der Waals surface area contributed by atoms with E-state index in [1.165, 1.54) is 11.3 Å². The van der Waals surface area contributed by atoms with E-state index in [4.69, 9.17) is 9.84 Å². The molecule has 0 atom stereocenters. The van der Waals surface area contributed by atoms with Crippen molar-refractivity contribution in [2.45, 2.75) is 33.8 Å². The molecule has 0 spiro atoms. The van der Waals surface area contributed by atoms with Crippen molar-refractivity contribution >= 4 is 17.3 Å². The number of rotatable bonds is 4. The van der Waals surface area contributed by atoms with Crippen LogP contribution in [-0.4, -0.2) is 22.7 Å². The first-order chi connectivity index (χ1) is 7.26. The molecule has 0 amide bonds. The maximum Gasteiger partial charge on any atom is 0.311 e. The van der Waals surface area contributed by atoms with Gasteiger partial charge in [0.2, 0.25) is 0 Å². The van der Waals surface area contributed by atoms with E-state index < -0.39 is 0 Å². The molecule has 5 heteroatoms. The molecule has 1 aromatic heterocycles. The van der Waals surface area contributed by atoms with Gasteiger partial charge in [-0.15, -0.1) is 11.3 Å². The van der Waals surface area contributed by atoms with Gasteiger partial charge < -0.3 is 9.84 Å². The van der Waals surface area contributed by atoms with Crippen LogP contribution in [0.1, 0.15) is 31.5 Å². The van der Waals surface area contributed by atoms with Gasteiger partial charge in [-0.1, -0.05) is 13.8 Å². The number of esters is 1. The Morgan fingerprint density at radius 3 is 2.73 bits per heavy atom. The molecule has 0 unspecified atom stereocenters. The van der Waals surface area contributed by atoms with Crippen LogP contribution in [0.5, 0.6) is 0 Å². The first-order valence-electron chi connectivity index (χ1n) is 4.96. The van der Waals surface area contributed by atoms with Crippen LogP contribution in [0.25, 0.3) is 0 Å². The minimum Gasteiger partial charge on any atom is -0.466 e. The number of hydrogen-bond donors (Lipinski definition) is 1. The van der Waals surface area contributed by atoms with Gasteiger partial charge in [0, 0.05) is 5.38 Å². The fourth-order valence-electron chi connectivity index (χ4n) is 0.863. The molecule has 0 fully saturated rings. The third-order valence-electron chi connectivity index (χ3n) is 1.37. The minimum absolute atomic E-state index is 0.0759. The Morgan fingerprint density at radius 2 is 2.27 bits per heavy atom. The van der Waals surface area contributed by atoms with Gasteiger partial charge in [0.05, 0.1) is 25.3 Å². The number of thiazole rings is 1. The van der Waals surface area contributed by atoms with Gasteiger partial charge >= 0.3 is 5.97 Å². The van der Waals surface area contributed by atoms with Gasteiger partial charge in [0.25, 0.3) is 0 Å². The van der Waals surface area contributed by atoms with E-state index in [1.807, 2.05) is 13.8 Å². The average Bonchev–Trinajstić information content (AvgIpc) is 2.69. The van der Waals surface area contributed by atoms with Crippen LogP contribution < -0.4 is 0 Å². The van der Waals surface area contributed by atoms with Crippen LogP contribution in [0.4, 0.5) is 0 Å². The van der Waals surface area contributed by atoms with E-state index in [2.05, 4.69) is 4.98 Å². The highest BCUT2D eigenvalue weighted by molar-refractivity contribution is 7.09. The second kappa shape index (κ2) is 8.38. The van der Waals surface area contributed by atoms with Crippen molar-refractivity contribution < 1.29 is 14.6 Å². The fraction of sp³-hybridized carbons (Fsp3) is 0.600. The van der Waals surface area contributed by atoms with Crippen LogP contribution in [0.2, 0.25) is 0 Å². The van der Waals surface area contributed by atoms with Crippen molar-refractivity contribution in [3.05, 3.63) is 16.1 Å². The molecule has 0 saturated heterocycles.